The number of nitrogens with one attached hydrogen (secondary N) is 1. The molecule has 4 aromatic rings. The molecule has 8 nitrogen and oxygen atoms in total. The Morgan fingerprint density at radius 1 is 1.30 bits per heavy atom. The molecule has 0 aliphatic carbocycles. The van der Waals surface area contributed by atoms with Crippen molar-refractivity contribution in [2.24, 2.45) is 0 Å². The topological polar surface area (TPSA) is 117 Å². The van der Waals surface area contributed by atoms with E-state index in [9.17, 15) is 14.7 Å². The van der Waals surface area contributed by atoms with Crippen molar-refractivity contribution in [1.29, 1.82) is 0 Å². The standard InChI is InChI=1S/C19H16ClN5O3S2/c1-3-25-15(10-4-6-11(20)7-5-10)23-24-19(25)29-8-12-21-16(26)13-9(2)14(18(27)28)30-17(13)22-12/h4-7H,3,8H2,1-2H3,(H,27,28)(H,21,22,26)/p-1. The molecule has 1 N–H and O–H groups in total. The summed E-state index contributed by atoms with van der Waals surface area (Å²) in [7, 11) is 0. The highest BCUT2D eigenvalue weighted by Gasteiger charge is 2.17. The number of aryl methyl sites for hydroxylation is 1. The number of H-pyrrole nitrogens is 1. The molecule has 0 saturated carbocycles. The van der Waals surface area contributed by atoms with E-state index in [0.29, 0.717) is 38.7 Å². The number of benzene rings is 1. The van der Waals surface area contributed by atoms with Crippen LogP contribution in [-0.2, 0) is 12.3 Å². The smallest absolute Gasteiger partial charge is 0.259 e. The van der Waals surface area contributed by atoms with Gasteiger partial charge in [-0.1, -0.05) is 23.4 Å². The van der Waals surface area contributed by atoms with Crippen molar-refractivity contribution >= 4 is 50.9 Å². The number of aromatic amines is 1. The Bertz CT molecular complexity index is 1310. The molecule has 11 heteroatoms. The fourth-order valence-electron chi connectivity index (χ4n) is 3.08. The Balaban J connectivity index is 1.62. The number of carbonyl (C=O) groups is 1. The van der Waals surface area contributed by atoms with Crippen LogP contribution in [-0.4, -0.2) is 30.7 Å². The van der Waals surface area contributed by atoms with Crippen LogP contribution in [0.5, 0.6) is 0 Å². The molecule has 0 unspecified atom stereocenters. The molecule has 0 spiro atoms. The second-order valence-corrected chi connectivity index (χ2v) is 8.76. The molecule has 154 valence electrons. The summed E-state index contributed by atoms with van der Waals surface area (Å²) >= 11 is 8.29. The maximum Gasteiger partial charge on any atom is 0.259 e. The number of carboxylic acids is 1. The van der Waals surface area contributed by atoms with E-state index < -0.39 is 5.97 Å². The quantitative estimate of drug-likeness (QED) is 0.439. The summed E-state index contributed by atoms with van der Waals surface area (Å²) < 4.78 is 1.97. The monoisotopic (exact) mass is 460 g/mol. The number of carboxylic acid groups (broad SMARTS) is 1. The Morgan fingerprint density at radius 2 is 2.03 bits per heavy atom. The Kier molecular flexibility index (Phi) is 5.63. The number of aromatic nitrogens is 5. The van der Waals surface area contributed by atoms with Gasteiger partial charge in [-0.2, -0.15) is 0 Å². The zero-order valence-corrected chi connectivity index (χ0v) is 18.3. The third-order valence-corrected chi connectivity index (χ3v) is 6.90. The van der Waals surface area contributed by atoms with Gasteiger partial charge in [0.15, 0.2) is 11.0 Å². The van der Waals surface area contributed by atoms with Crippen LogP contribution >= 0.6 is 34.7 Å². The van der Waals surface area contributed by atoms with Crippen LogP contribution in [0.4, 0.5) is 0 Å². The lowest BCUT2D eigenvalue weighted by Crippen LogP contribution is -2.21. The van der Waals surface area contributed by atoms with Gasteiger partial charge in [0, 0.05) is 17.1 Å². The number of rotatable bonds is 6. The molecule has 1 aromatic carbocycles. The van der Waals surface area contributed by atoms with Crippen LogP contribution in [0.2, 0.25) is 5.02 Å². The third kappa shape index (κ3) is 3.73. The second-order valence-electron chi connectivity index (χ2n) is 6.38. The van der Waals surface area contributed by atoms with Gasteiger partial charge in [-0.25, -0.2) is 4.98 Å². The number of hydrogen-bond donors (Lipinski definition) is 1. The van der Waals surface area contributed by atoms with Gasteiger partial charge in [0.2, 0.25) is 0 Å². The normalized spacial score (nSPS) is 11.3. The Morgan fingerprint density at radius 3 is 2.70 bits per heavy atom. The summed E-state index contributed by atoms with van der Waals surface area (Å²) in [5, 5.41) is 21.4. The van der Waals surface area contributed by atoms with Crippen molar-refractivity contribution in [2.45, 2.75) is 31.3 Å². The highest BCUT2D eigenvalue weighted by molar-refractivity contribution is 7.98. The molecule has 0 atom stereocenters. The molecule has 0 saturated heterocycles. The Hall–Kier alpha value is -2.69. The van der Waals surface area contributed by atoms with Crippen molar-refractivity contribution in [2.75, 3.05) is 0 Å². The van der Waals surface area contributed by atoms with Crippen LogP contribution in [0.3, 0.4) is 0 Å². The van der Waals surface area contributed by atoms with E-state index in [1.807, 2.05) is 23.6 Å². The molecule has 0 fully saturated rings. The number of fused-ring (bicyclic) bond motifs is 1. The largest absolute Gasteiger partial charge is 0.544 e. The van der Waals surface area contributed by atoms with E-state index in [2.05, 4.69) is 20.2 Å². The summed E-state index contributed by atoms with van der Waals surface area (Å²) in [6, 6.07) is 7.36. The molecular formula is C19H15ClN5O3S2-. The first-order chi connectivity index (χ1) is 14.4. The number of hydrogen-bond acceptors (Lipinski definition) is 8. The zero-order valence-electron chi connectivity index (χ0n) is 15.9. The SMILES string of the molecule is CCn1c(SCc2nc3sc(C(=O)[O-])c(C)c3c(=O)[nH]2)nnc1-c1ccc(Cl)cc1. The van der Waals surface area contributed by atoms with Gasteiger partial charge >= 0.3 is 0 Å². The van der Waals surface area contributed by atoms with Crippen molar-refractivity contribution in [3.05, 3.63) is 55.9 Å². The molecule has 4 rings (SSSR count). The number of halogens is 1. The van der Waals surface area contributed by atoms with E-state index in [1.54, 1.807) is 19.1 Å². The number of aromatic carboxylic acids is 1. The summed E-state index contributed by atoms with van der Waals surface area (Å²) in [5.74, 6) is 0.196. The molecule has 0 aliphatic heterocycles. The second kappa shape index (κ2) is 8.21. The number of nitrogens with zero attached hydrogens (tertiary/aromatic N) is 4. The van der Waals surface area contributed by atoms with Gasteiger partial charge in [-0.05, 0) is 43.7 Å². The maximum absolute atomic E-state index is 12.5. The van der Waals surface area contributed by atoms with E-state index >= 15 is 0 Å². The predicted molar refractivity (Wildman–Crippen MR) is 115 cm³/mol. The zero-order chi connectivity index (χ0) is 21.4. The van der Waals surface area contributed by atoms with Gasteiger partial charge in [0.25, 0.3) is 5.56 Å². The fraction of sp³-hybridized carbons (Fsp3) is 0.211. The molecule has 0 aliphatic rings. The van der Waals surface area contributed by atoms with Crippen LogP contribution < -0.4 is 10.7 Å². The summed E-state index contributed by atoms with van der Waals surface area (Å²) in [6.45, 7) is 4.24. The summed E-state index contributed by atoms with van der Waals surface area (Å²) in [5.41, 5.74) is 0.911. The van der Waals surface area contributed by atoms with E-state index in [0.717, 1.165) is 22.7 Å². The fourth-order valence-corrected chi connectivity index (χ4v) is 5.11. The van der Waals surface area contributed by atoms with Crippen molar-refractivity contribution in [1.82, 2.24) is 24.7 Å². The van der Waals surface area contributed by atoms with E-state index in [1.165, 1.54) is 11.8 Å². The summed E-state index contributed by atoms with van der Waals surface area (Å²) in [4.78, 5) is 31.2. The lowest BCUT2D eigenvalue weighted by Gasteiger charge is -2.07. The first-order valence-corrected chi connectivity index (χ1v) is 11.1. The lowest BCUT2D eigenvalue weighted by molar-refractivity contribution is -0.254. The van der Waals surface area contributed by atoms with Gasteiger partial charge in [0.05, 0.1) is 22.0 Å². The lowest BCUT2D eigenvalue weighted by atomic mass is 10.2. The van der Waals surface area contributed by atoms with Crippen molar-refractivity contribution in [3.8, 4) is 11.4 Å². The minimum absolute atomic E-state index is 0.0196. The van der Waals surface area contributed by atoms with Crippen LogP contribution in [0, 0.1) is 6.92 Å². The third-order valence-electron chi connectivity index (χ3n) is 4.51. The predicted octanol–water partition coefficient (Wildman–Crippen LogP) is 2.88. The van der Waals surface area contributed by atoms with E-state index in [-0.39, 0.29) is 15.8 Å². The first-order valence-electron chi connectivity index (χ1n) is 8.94. The van der Waals surface area contributed by atoms with Gasteiger partial charge < -0.3 is 19.5 Å². The van der Waals surface area contributed by atoms with Gasteiger partial charge in [-0.15, -0.1) is 21.5 Å². The molecule has 3 heterocycles. The van der Waals surface area contributed by atoms with Crippen molar-refractivity contribution in [3.63, 3.8) is 0 Å². The molecular weight excluding hydrogens is 446 g/mol. The van der Waals surface area contributed by atoms with Gasteiger partial charge in [0.1, 0.15) is 10.7 Å². The Labute approximate surface area is 184 Å². The molecule has 30 heavy (non-hydrogen) atoms. The van der Waals surface area contributed by atoms with Crippen LogP contribution in [0.1, 0.15) is 28.0 Å². The number of carbonyl (C=O) groups excluding carboxylic acids is 1. The first kappa shape index (κ1) is 20.6. The average Bonchev–Trinajstić information content (AvgIpc) is 3.28. The maximum atomic E-state index is 12.5. The van der Waals surface area contributed by atoms with Crippen molar-refractivity contribution < 1.29 is 9.90 Å². The highest BCUT2D eigenvalue weighted by atomic mass is 35.5. The molecule has 0 radical (unpaired) electrons. The minimum atomic E-state index is -1.31. The average molecular weight is 461 g/mol. The number of thioether (sulfide) groups is 1. The number of thiophene rings is 1. The summed E-state index contributed by atoms with van der Waals surface area (Å²) in [6.07, 6.45) is 0. The van der Waals surface area contributed by atoms with Crippen LogP contribution in [0.25, 0.3) is 21.6 Å². The minimum Gasteiger partial charge on any atom is -0.544 e. The van der Waals surface area contributed by atoms with Gasteiger partial charge in [-0.3, -0.25) is 4.79 Å². The van der Waals surface area contributed by atoms with Crippen LogP contribution in [0.15, 0.2) is 34.2 Å². The van der Waals surface area contributed by atoms with E-state index in [4.69, 9.17) is 11.6 Å². The molecule has 0 amide bonds. The molecule has 0 bridgehead atoms. The highest BCUT2D eigenvalue weighted by Crippen LogP contribution is 2.29. The molecule has 3 aromatic heterocycles.